The van der Waals surface area contributed by atoms with Crippen LogP contribution in [0.15, 0.2) is 34.8 Å². The van der Waals surface area contributed by atoms with Crippen molar-refractivity contribution in [1.29, 1.82) is 0 Å². The summed E-state index contributed by atoms with van der Waals surface area (Å²) in [5, 5.41) is 0. The summed E-state index contributed by atoms with van der Waals surface area (Å²) in [6.45, 7) is 15.2. The highest BCUT2D eigenvalue weighted by atomic mass is 79.9. The van der Waals surface area contributed by atoms with E-state index in [2.05, 4.69) is 69.6 Å². The number of methoxy groups -OCH3 is 1. The van der Waals surface area contributed by atoms with Gasteiger partial charge in [-0.05, 0) is 41.5 Å². The summed E-state index contributed by atoms with van der Waals surface area (Å²) < 4.78 is 18.4. The molecule has 0 saturated heterocycles. The Balaban J connectivity index is 2.30. The Morgan fingerprint density at radius 2 is 1.61 bits per heavy atom. The van der Waals surface area contributed by atoms with E-state index in [-0.39, 0.29) is 22.7 Å². The second kappa shape index (κ2) is 8.50. The van der Waals surface area contributed by atoms with Crippen molar-refractivity contribution in [3.63, 3.8) is 0 Å². The van der Waals surface area contributed by atoms with Crippen molar-refractivity contribution in [2.24, 2.45) is 0 Å². The molecule has 3 rings (SSSR count). The van der Waals surface area contributed by atoms with E-state index in [1.54, 1.807) is 7.11 Å². The molecule has 0 amide bonds. The van der Waals surface area contributed by atoms with Crippen LogP contribution >= 0.6 is 15.9 Å². The average Bonchev–Trinajstić information content (AvgIpc) is 3.04. The smallest absolute Gasteiger partial charge is 0.348 e. The summed E-state index contributed by atoms with van der Waals surface area (Å²) >= 11 is 3.58. The lowest BCUT2D eigenvalue weighted by atomic mass is 9.75. The molecule has 1 aliphatic rings. The third-order valence-electron chi connectivity index (χ3n) is 5.67. The van der Waals surface area contributed by atoms with Gasteiger partial charge in [-0.1, -0.05) is 69.6 Å². The number of rotatable bonds is 4. The number of fused-ring (bicyclic) bond motifs is 1. The molecule has 0 aromatic heterocycles. The molecule has 0 bridgehead atoms. The molecule has 2 aromatic rings. The van der Waals surface area contributed by atoms with E-state index in [9.17, 15) is 4.79 Å². The molecule has 0 aliphatic carbocycles. The normalized spacial score (nSPS) is 18.4. The van der Waals surface area contributed by atoms with Crippen LogP contribution in [0.2, 0.25) is 0 Å². The molecule has 4 nitrogen and oxygen atoms in total. The predicted octanol–water partition coefficient (Wildman–Crippen LogP) is 6.51. The molecule has 0 spiro atoms. The van der Waals surface area contributed by atoms with E-state index in [1.807, 2.05) is 25.1 Å². The van der Waals surface area contributed by atoms with E-state index < -0.39 is 6.10 Å². The van der Waals surface area contributed by atoms with Crippen LogP contribution in [-0.2, 0) is 20.4 Å². The summed E-state index contributed by atoms with van der Waals surface area (Å²) in [4.78, 5) is 12.9. The maximum Gasteiger partial charge on any atom is 0.348 e. The maximum absolute atomic E-state index is 12.9. The van der Waals surface area contributed by atoms with Crippen LogP contribution in [0.5, 0.6) is 11.5 Å². The van der Waals surface area contributed by atoms with Crippen LogP contribution in [0.3, 0.4) is 0 Å². The fourth-order valence-corrected chi connectivity index (χ4v) is 4.54. The molecule has 1 heterocycles. The first-order valence-electron chi connectivity index (χ1n) is 10.7. The fraction of sp³-hybridized carbons (Fsp3) is 0.500. The van der Waals surface area contributed by atoms with Gasteiger partial charge in [0.1, 0.15) is 11.5 Å². The van der Waals surface area contributed by atoms with Gasteiger partial charge >= 0.3 is 5.97 Å². The van der Waals surface area contributed by atoms with Crippen molar-refractivity contribution in [1.82, 2.24) is 0 Å². The topological polar surface area (TPSA) is 44.8 Å². The Kier molecular flexibility index (Phi) is 6.48. The van der Waals surface area contributed by atoms with Crippen LogP contribution in [0.25, 0.3) is 0 Å². The number of carbonyl (C=O) groups excluding carboxylic acids is 1. The zero-order chi connectivity index (χ0) is 23.1. The minimum absolute atomic E-state index is 0.139. The van der Waals surface area contributed by atoms with E-state index in [1.165, 1.54) is 0 Å². The Morgan fingerprint density at radius 3 is 2.10 bits per heavy atom. The number of halogens is 1. The van der Waals surface area contributed by atoms with Gasteiger partial charge < -0.3 is 14.2 Å². The second-order valence-corrected chi connectivity index (χ2v) is 11.0. The molecule has 31 heavy (non-hydrogen) atoms. The van der Waals surface area contributed by atoms with Gasteiger partial charge in [-0.25, -0.2) is 4.79 Å². The van der Waals surface area contributed by atoms with Crippen molar-refractivity contribution in [2.75, 3.05) is 13.7 Å². The van der Waals surface area contributed by atoms with Crippen molar-refractivity contribution >= 4 is 21.9 Å². The Hall–Kier alpha value is -2.01. The molecule has 2 unspecified atom stereocenters. The summed E-state index contributed by atoms with van der Waals surface area (Å²) in [6.07, 6.45) is -0.724. The maximum atomic E-state index is 12.9. The van der Waals surface area contributed by atoms with E-state index in [4.69, 9.17) is 14.2 Å². The Labute approximate surface area is 194 Å². The largest absolute Gasteiger partial charge is 0.496 e. The van der Waals surface area contributed by atoms with E-state index in [0.29, 0.717) is 6.61 Å². The zero-order valence-electron chi connectivity index (χ0n) is 19.8. The summed E-state index contributed by atoms with van der Waals surface area (Å²) in [6, 6.07) is 10.2. The zero-order valence-corrected chi connectivity index (χ0v) is 21.3. The molecule has 0 N–H and O–H groups in total. The van der Waals surface area contributed by atoms with Crippen LogP contribution in [0.4, 0.5) is 0 Å². The SMILES string of the molecule is CCOC(=O)C1Oc2ccc(Br)cc2C1c1cc(C(C)(C)C)c(OC)c(C(C)(C)C)c1. The van der Waals surface area contributed by atoms with Crippen molar-refractivity contribution in [2.45, 2.75) is 71.3 Å². The molecule has 0 radical (unpaired) electrons. The lowest BCUT2D eigenvalue weighted by Gasteiger charge is -2.31. The summed E-state index contributed by atoms with van der Waals surface area (Å²) in [5.74, 6) is 1.02. The first-order valence-corrected chi connectivity index (χ1v) is 11.5. The second-order valence-electron chi connectivity index (χ2n) is 10.1. The van der Waals surface area contributed by atoms with Gasteiger partial charge in [0.05, 0.1) is 19.6 Å². The number of ether oxygens (including phenoxy) is 3. The van der Waals surface area contributed by atoms with Gasteiger partial charge in [0.15, 0.2) is 0 Å². The van der Waals surface area contributed by atoms with E-state index >= 15 is 0 Å². The summed E-state index contributed by atoms with van der Waals surface area (Å²) in [5.41, 5.74) is 3.97. The molecule has 0 saturated carbocycles. The molecule has 1 aliphatic heterocycles. The molecule has 168 valence electrons. The Bertz CT molecular complexity index is 947. The number of carbonyl (C=O) groups is 1. The van der Waals surface area contributed by atoms with Crippen LogP contribution in [0.1, 0.15) is 76.6 Å². The van der Waals surface area contributed by atoms with Crippen LogP contribution in [0, 0.1) is 0 Å². The standard InChI is InChI=1S/C26H33BrO4/c1-9-30-24(28)23-21(17-14-16(27)10-11-20(17)31-23)15-12-18(25(2,3)4)22(29-8)19(13-15)26(5,6)7/h10-14,21,23H,9H2,1-8H3. The van der Waals surface area contributed by atoms with Crippen LogP contribution < -0.4 is 9.47 Å². The molecule has 2 aromatic carbocycles. The van der Waals surface area contributed by atoms with Gasteiger partial charge in [0, 0.05) is 21.2 Å². The van der Waals surface area contributed by atoms with Crippen molar-refractivity contribution < 1.29 is 19.0 Å². The molecule has 0 fully saturated rings. The lowest BCUT2D eigenvalue weighted by molar-refractivity contribution is -0.151. The fourth-order valence-electron chi connectivity index (χ4n) is 4.17. The molecular formula is C26H33BrO4. The minimum Gasteiger partial charge on any atom is -0.496 e. The van der Waals surface area contributed by atoms with Crippen molar-refractivity contribution in [3.05, 3.63) is 57.1 Å². The third kappa shape index (κ3) is 4.62. The summed E-state index contributed by atoms with van der Waals surface area (Å²) in [7, 11) is 1.73. The van der Waals surface area contributed by atoms with E-state index in [0.717, 1.165) is 38.2 Å². The number of benzene rings is 2. The van der Waals surface area contributed by atoms with Gasteiger partial charge in [-0.2, -0.15) is 0 Å². The van der Waals surface area contributed by atoms with Gasteiger partial charge in [0.25, 0.3) is 0 Å². The lowest BCUT2D eigenvalue weighted by Crippen LogP contribution is -2.32. The molecule has 2 atom stereocenters. The minimum atomic E-state index is -0.724. The third-order valence-corrected chi connectivity index (χ3v) is 6.17. The van der Waals surface area contributed by atoms with Crippen molar-refractivity contribution in [3.8, 4) is 11.5 Å². The number of hydrogen-bond acceptors (Lipinski definition) is 4. The molecule has 5 heteroatoms. The molecular weight excluding hydrogens is 456 g/mol. The van der Waals surface area contributed by atoms with Gasteiger partial charge in [-0.15, -0.1) is 0 Å². The Morgan fingerprint density at radius 1 is 1.03 bits per heavy atom. The number of esters is 1. The highest BCUT2D eigenvalue weighted by molar-refractivity contribution is 9.10. The number of hydrogen-bond donors (Lipinski definition) is 0. The first kappa shape index (κ1) is 23.6. The van der Waals surface area contributed by atoms with Gasteiger partial charge in [0.2, 0.25) is 6.10 Å². The first-order chi connectivity index (χ1) is 14.4. The van der Waals surface area contributed by atoms with Crippen LogP contribution in [-0.4, -0.2) is 25.8 Å². The quantitative estimate of drug-likeness (QED) is 0.460. The van der Waals surface area contributed by atoms with Gasteiger partial charge in [-0.3, -0.25) is 0 Å². The highest BCUT2D eigenvalue weighted by Crippen LogP contribution is 2.48. The average molecular weight is 489 g/mol. The predicted molar refractivity (Wildman–Crippen MR) is 127 cm³/mol. The monoisotopic (exact) mass is 488 g/mol. The highest BCUT2D eigenvalue weighted by Gasteiger charge is 2.43.